The average Bonchev–Trinajstić information content (AvgIpc) is 2.84. The third-order valence-corrected chi connectivity index (χ3v) is 5.86. The monoisotopic (exact) mass is 300 g/mol. The number of rotatable bonds is 4. The van der Waals surface area contributed by atoms with E-state index in [4.69, 9.17) is 0 Å². The Morgan fingerprint density at radius 2 is 2.05 bits per heavy atom. The Hall–Kier alpha value is -0.910. The summed E-state index contributed by atoms with van der Waals surface area (Å²) in [5, 5.41) is 14.9. The molecule has 0 aromatic rings. The average molecular weight is 300 g/mol. The molecule has 3 atom stereocenters. The Kier molecular flexibility index (Phi) is 5.18. The van der Waals surface area contributed by atoms with Crippen LogP contribution in [0.15, 0.2) is 0 Å². The van der Waals surface area contributed by atoms with Crippen LogP contribution in [0, 0.1) is 5.92 Å². The lowest BCUT2D eigenvalue weighted by molar-refractivity contribution is -0.143. The minimum Gasteiger partial charge on any atom is -0.481 e. The summed E-state index contributed by atoms with van der Waals surface area (Å²) in [7, 11) is 0. The Bertz CT molecular complexity index is 369. The number of amides is 2. The topological polar surface area (TPSA) is 78.4 Å². The number of hydrogen-bond acceptors (Lipinski definition) is 3. The van der Waals surface area contributed by atoms with Crippen LogP contribution in [-0.4, -0.2) is 40.2 Å². The highest BCUT2D eigenvalue weighted by Crippen LogP contribution is 2.36. The maximum atomic E-state index is 12.0. The molecule has 1 saturated heterocycles. The highest BCUT2D eigenvalue weighted by atomic mass is 32.2. The van der Waals surface area contributed by atoms with Gasteiger partial charge in [-0.25, -0.2) is 4.79 Å². The van der Waals surface area contributed by atoms with E-state index in [1.165, 1.54) is 6.42 Å². The van der Waals surface area contributed by atoms with Crippen LogP contribution < -0.4 is 10.6 Å². The quantitative estimate of drug-likeness (QED) is 0.744. The van der Waals surface area contributed by atoms with E-state index in [-0.39, 0.29) is 16.8 Å². The summed E-state index contributed by atoms with van der Waals surface area (Å²) in [6.45, 7) is 2.82. The summed E-state index contributed by atoms with van der Waals surface area (Å²) in [5.41, 5.74) is 0. The van der Waals surface area contributed by atoms with Crippen LogP contribution in [0.3, 0.4) is 0 Å². The fourth-order valence-electron chi connectivity index (χ4n) is 3.06. The zero-order chi connectivity index (χ0) is 14.6. The van der Waals surface area contributed by atoms with Crippen molar-refractivity contribution in [3.05, 3.63) is 0 Å². The summed E-state index contributed by atoms with van der Waals surface area (Å²) in [5.74, 6) is -0.0805. The van der Waals surface area contributed by atoms with Gasteiger partial charge in [0.05, 0.1) is 5.92 Å². The molecular weight excluding hydrogens is 276 g/mol. The molecule has 0 aromatic carbocycles. The van der Waals surface area contributed by atoms with E-state index >= 15 is 0 Å². The maximum Gasteiger partial charge on any atom is 0.315 e. The Labute approximate surface area is 124 Å². The molecular formula is C14H24N2O3S. The Morgan fingerprint density at radius 1 is 1.30 bits per heavy atom. The van der Waals surface area contributed by atoms with Crippen LogP contribution in [0.2, 0.25) is 0 Å². The number of carboxylic acids is 1. The standard InChI is InChI=1S/C14H24N2O3S/c1-14(7-4-8-20-14)9-15-13(19)16-11-6-3-2-5-10(11)12(17)18/h10-11H,2-9H2,1H3,(H,17,18)(H2,15,16,19). The van der Waals surface area contributed by atoms with Gasteiger partial charge in [-0.2, -0.15) is 11.8 Å². The highest BCUT2D eigenvalue weighted by Gasteiger charge is 2.33. The molecule has 2 aliphatic rings. The number of carbonyl (C=O) groups excluding carboxylic acids is 1. The lowest BCUT2D eigenvalue weighted by atomic mass is 9.84. The molecule has 0 bridgehead atoms. The van der Waals surface area contributed by atoms with E-state index < -0.39 is 11.9 Å². The molecule has 1 aliphatic carbocycles. The van der Waals surface area contributed by atoms with Crippen LogP contribution in [0.25, 0.3) is 0 Å². The van der Waals surface area contributed by atoms with Gasteiger partial charge in [-0.15, -0.1) is 0 Å². The second-order valence-corrected chi connectivity index (χ2v) is 7.75. The summed E-state index contributed by atoms with van der Waals surface area (Å²) >= 11 is 1.90. The molecule has 2 rings (SSSR count). The zero-order valence-corrected chi connectivity index (χ0v) is 12.8. The van der Waals surface area contributed by atoms with Gasteiger partial charge < -0.3 is 15.7 Å². The number of nitrogens with one attached hydrogen (secondary N) is 2. The Morgan fingerprint density at radius 3 is 2.70 bits per heavy atom. The molecule has 20 heavy (non-hydrogen) atoms. The van der Waals surface area contributed by atoms with Gasteiger partial charge in [-0.3, -0.25) is 4.79 Å². The maximum absolute atomic E-state index is 12.0. The lowest BCUT2D eigenvalue weighted by Crippen LogP contribution is -2.50. The number of thioether (sulfide) groups is 1. The van der Waals surface area contributed by atoms with Gasteiger partial charge in [0.15, 0.2) is 0 Å². The number of hydrogen-bond donors (Lipinski definition) is 3. The first kappa shape index (κ1) is 15.5. The number of urea groups is 1. The van der Waals surface area contributed by atoms with Crippen molar-refractivity contribution in [1.82, 2.24) is 10.6 Å². The number of aliphatic carboxylic acids is 1. The van der Waals surface area contributed by atoms with E-state index in [0.717, 1.165) is 31.4 Å². The molecule has 6 heteroatoms. The SMILES string of the molecule is CC1(CNC(=O)NC2CCCCC2C(=O)O)CCCS1. The van der Waals surface area contributed by atoms with Crippen LogP contribution in [0.5, 0.6) is 0 Å². The predicted molar refractivity (Wildman–Crippen MR) is 80.0 cm³/mol. The largest absolute Gasteiger partial charge is 0.481 e. The molecule has 1 saturated carbocycles. The summed E-state index contributed by atoms with van der Waals surface area (Å²) in [6, 6.07) is -0.456. The molecule has 114 valence electrons. The number of carbonyl (C=O) groups is 2. The highest BCUT2D eigenvalue weighted by molar-refractivity contribution is 8.00. The van der Waals surface area contributed by atoms with Crippen molar-refractivity contribution in [3.8, 4) is 0 Å². The van der Waals surface area contributed by atoms with Gasteiger partial charge in [0.2, 0.25) is 0 Å². The smallest absolute Gasteiger partial charge is 0.315 e. The van der Waals surface area contributed by atoms with E-state index in [9.17, 15) is 14.7 Å². The van der Waals surface area contributed by atoms with Crippen molar-refractivity contribution in [3.63, 3.8) is 0 Å². The van der Waals surface area contributed by atoms with Gasteiger partial charge in [0, 0.05) is 17.3 Å². The molecule has 3 unspecified atom stereocenters. The van der Waals surface area contributed by atoms with Crippen molar-refractivity contribution < 1.29 is 14.7 Å². The van der Waals surface area contributed by atoms with Gasteiger partial charge in [0.25, 0.3) is 0 Å². The summed E-state index contributed by atoms with van der Waals surface area (Å²) < 4.78 is 0.135. The van der Waals surface area contributed by atoms with E-state index in [1.54, 1.807) is 0 Å². The minimum atomic E-state index is -0.798. The van der Waals surface area contributed by atoms with Crippen LogP contribution in [0.4, 0.5) is 4.79 Å². The van der Waals surface area contributed by atoms with Crippen molar-refractivity contribution in [2.45, 2.75) is 56.2 Å². The normalized spacial score (nSPS) is 33.6. The fraction of sp³-hybridized carbons (Fsp3) is 0.857. The molecule has 1 aliphatic heterocycles. The van der Waals surface area contributed by atoms with Crippen LogP contribution in [-0.2, 0) is 4.79 Å². The zero-order valence-electron chi connectivity index (χ0n) is 12.0. The van der Waals surface area contributed by atoms with E-state index in [2.05, 4.69) is 17.6 Å². The van der Waals surface area contributed by atoms with Gasteiger partial charge in [-0.05, 0) is 38.4 Å². The lowest BCUT2D eigenvalue weighted by Gasteiger charge is -2.30. The molecule has 2 amide bonds. The van der Waals surface area contributed by atoms with Gasteiger partial charge >= 0.3 is 12.0 Å². The van der Waals surface area contributed by atoms with Crippen molar-refractivity contribution in [2.75, 3.05) is 12.3 Å². The molecule has 2 fully saturated rings. The molecule has 5 nitrogen and oxygen atoms in total. The van der Waals surface area contributed by atoms with E-state index in [0.29, 0.717) is 13.0 Å². The third-order valence-electron chi connectivity index (χ3n) is 4.32. The molecule has 0 radical (unpaired) electrons. The van der Waals surface area contributed by atoms with E-state index in [1.807, 2.05) is 11.8 Å². The van der Waals surface area contributed by atoms with Crippen LogP contribution >= 0.6 is 11.8 Å². The molecule has 0 spiro atoms. The van der Waals surface area contributed by atoms with Crippen molar-refractivity contribution in [1.29, 1.82) is 0 Å². The number of carboxylic acid groups (broad SMARTS) is 1. The van der Waals surface area contributed by atoms with Crippen molar-refractivity contribution >= 4 is 23.8 Å². The summed E-state index contributed by atoms with van der Waals surface area (Å²) in [6.07, 6.45) is 5.67. The second-order valence-electron chi connectivity index (χ2n) is 6.06. The Balaban J connectivity index is 1.79. The first-order chi connectivity index (χ1) is 9.50. The van der Waals surface area contributed by atoms with Crippen molar-refractivity contribution in [2.24, 2.45) is 5.92 Å². The molecule has 1 heterocycles. The van der Waals surface area contributed by atoms with Gasteiger partial charge in [-0.1, -0.05) is 12.8 Å². The minimum absolute atomic E-state index is 0.135. The first-order valence-electron chi connectivity index (χ1n) is 7.41. The predicted octanol–water partition coefficient (Wildman–Crippen LogP) is 2.21. The fourth-order valence-corrected chi connectivity index (χ4v) is 4.31. The third kappa shape index (κ3) is 4.04. The second kappa shape index (κ2) is 6.70. The van der Waals surface area contributed by atoms with Gasteiger partial charge in [0.1, 0.15) is 0 Å². The summed E-state index contributed by atoms with van der Waals surface area (Å²) in [4.78, 5) is 23.1. The van der Waals surface area contributed by atoms with Crippen LogP contribution in [0.1, 0.15) is 45.4 Å². The first-order valence-corrected chi connectivity index (χ1v) is 8.40. The molecule has 0 aromatic heterocycles. The molecule has 3 N–H and O–H groups in total.